The average molecular weight is 297 g/mol. The van der Waals surface area contributed by atoms with Crippen LogP contribution in [0.3, 0.4) is 0 Å². The number of ether oxygens (including phenoxy) is 1. The summed E-state index contributed by atoms with van der Waals surface area (Å²) in [7, 11) is 1.19. The van der Waals surface area contributed by atoms with Gasteiger partial charge in [-0.25, -0.2) is 9.18 Å². The zero-order valence-corrected chi connectivity index (χ0v) is 11.7. The molecule has 0 saturated carbocycles. The molecule has 0 aromatic heterocycles. The molecular formula is C14H16FNO5. The molecule has 0 heterocycles. The molecule has 7 heteroatoms. The van der Waals surface area contributed by atoms with Gasteiger partial charge >= 0.3 is 11.9 Å². The lowest BCUT2D eigenvalue weighted by Gasteiger charge is -2.14. The molecule has 1 aromatic rings. The predicted molar refractivity (Wildman–Crippen MR) is 71.3 cm³/mol. The number of aryl methyl sites for hydroxylation is 1. The van der Waals surface area contributed by atoms with Crippen LogP contribution in [-0.4, -0.2) is 36.1 Å². The number of carboxylic acid groups (broad SMARTS) is 1. The van der Waals surface area contributed by atoms with Crippen molar-refractivity contribution in [1.82, 2.24) is 5.32 Å². The second-order valence-corrected chi connectivity index (χ2v) is 4.44. The second kappa shape index (κ2) is 7.37. The van der Waals surface area contributed by atoms with Gasteiger partial charge in [0.05, 0.1) is 7.11 Å². The van der Waals surface area contributed by atoms with Crippen molar-refractivity contribution in [3.63, 3.8) is 0 Å². The van der Waals surface area contributed by atoms with Gasteiger partial charge in [0.25, 0.3) is 5.91 Å². The zero-order chi connectivity index (χ0) is 16.0. The zero-order valence-electron chi connectivity index (χ0n) is 11.7. The number of rotatable bonds is 6. The maximum absolute atomic E-state index is 13.1. The Labute approximate surface area is 120 Å². The van der Waals surface area contributed by atoms with E-state index in [9.17, 15) is 18.8 Å². The number of benzene rings is 1. The summed E-state index contributed by atoms with van der Waals surface area (Å²) in [6, 6.07) is 2.50. The summed E-state index contributed by atoms with van der Waals surface area (Å²) in [5.74, 6) is -2.92. The lowest BCUT2D eigenvalue weighted by Crippen LogP contribution is -2.41. The smallest absolute Gasteiger partial charge is 0.326 e. The monoisotopic (exact) mass is 297 g/mol. The first kappa shape index (κ1) is 16.6. The maximum atomic E-state index is 13.1. The minimum Gasteiger partial charge on any atom is -0.480 e. The Morgan fingerprint density at radius 2 is 2.05 bits per heavy atom. The number of carbonyl (C=O) groups excluding carboxylic acids is 2. The summed E-state index contributed by atoms with van der Waals surface area (Å²) in [5, 5.41) is 11.3. The van der Waals surface area contributed by atoms with Crippen molar-refractivity contribution in [2.24, 2.45) is 0 Å². The minimum absolute atomic E-state index is 0.0894. The molecule has 1 amide bonds. The first-order chi connectivity index (χ1) is 9.85. The first-order valence-electron chi connectivity index (χ1n) is 6.21. The maximum Gasteiger partial charge on any atom is 0.326 e. The summed E-state index contributed by atoms with van der Waals surface area (Å²) < 4.78 is 17.5. The van der Waals surface area contributed by atoms with E-state index in [2.05, 4.69) is 10.1 Å². The predicted octanol–water partition coefficient (Wildman–Crippen LogP) is 1.27. The molecule has 0 bridgehead atoms. The molecule has 0 spiro atoms. The van der Waals surface area contributed by atoms with Crippen LogP contribution in [-0.2, 0) is 14.3 Å². The number of hydrogen-bond acceptors (Lipinski definition) is 4. The third kappa shape index (κ3) is 4.87. The highest BCUT2D eigenvalue weighted by atomic mass is 19.1. The van der Waals surface area contributed by atoms with E-state index in [0.717, 1.165) is 6.07 Å². The molecule has 6 nitrogen and oxygen atoms in total. The Balaban J connectivity index is 2.74. The number of amides is 1. The van der Waals surface area contributed by atoms with Gasteiger partial charge in [0.2, 0.25) is 0 Å². The van der Waals surface area contributed by atoms with E-state index in [1.165, 1.54) is 26.2 Å². The van der Waals surface area contributed by atoms with Gasteiger partial charge in [-0.2, -0.15) is 0 Å². The second-order valence-electron chi connectivity index (χ2n) is 4.44. The number of carboxylic acids is 1. The highest BCUT2D eigenvalue weighted by Gasteiger charge is 2.22. The third-order valence-corrected chi connectivity index (χ3v) is 2.89. The van der Waals surface area contributed by atoms with E-state index in [1.807, 2.05) is 0 Å². The van der Waals surface area contributed by atoms with Crippen LogP contribution >= 0.6 is 0 Å². The normalized spacial score (nSPS) is 11.6. The number of methoxy groups -OCH3 is 1. The van der Waals surface area contributed by atoms with E-state index < -0.39 is 29.7 Å². The number of hydrogen-bond donors (Lipinski definition) is 2. The van der Waals surface area contributed by atoms with Crippen molar-refractivity contribution < 1.29 is 28.6 Å². The molecule has 0 fully saturated rings. The summed E-state index contributed by atoms with van der Waals surface area (Å²) in [5.41, 5.74) is 0.433. The molecule has 0 aliphatic heterocycles. The van der Waals surface area contributed by atoms with Crippen molar-refractivity contribution in [2.45, 2.75) is 25.8 Å². The van der Waals surface area contributed by atoms with Gasteiger partial charge in [-0.15, -0.1) is 0 Å². The molecule has 1 unspecified atom stereocenters. The number of halogens is 1. The van der Waals surface area contributed by atoms with Crippen molar-refractivity contribution in [3.05, 3.63) is 35.1 Å². The molecule has 0 radical (unpaired) electrons. The largest absolute Gasteiger partial charge is 0.480 e. The number of esters is 1. The highest BCUT2D eigenvalue weighted by Crippen LogP contribution is 2.10. The van der Waals surface area contributed by atoms with Gasteiger partial charge in [0.1, 0.15) is 11.9 Å². The fraction of sp³-hybridized carbons (Fsp3) is 0.357. The molecule has 1 atom stereocenters. The molecule has 1 rings (SSSR count). The van der Waals surface area contributed by atoms with Crippen LogP contribution in [0.2, 0.25) is 0 Å². The number of aliphatic carboxylic acids is 1. The van der Waals surface area contributed by atoms with Gasteiger partial charge in [-0.1, -0.05) is 0 Å². The summed E-state index contributed by atoms with van der Waals surface area (Å²) >= 11 is 0. The lowest BCUT2D eigenvalue weighted by molar-refractivity contribution is -0.142. The van der Waals surface area contributed by atoms with Crippen LogP contribution in [0.25, 0.3) is 0 Å². The van der Waals surface area contributed by atoms with Gasteiger partial charge in [-0.3, -0.25) is 9.59 Å². The van der Waals surface area contributed by atoms with Crippen molar-refractivity contribution in [1.29, 1.82) is 0 Å². The van der Waals surface area contributed by atoms with Crippen LogP contribution in [0.1, 0.15) is 28.8 Å². The number of nitrogens with one attached hydrogen (secondary N) is 1. The lowest BCUT2D eigenvalue weighted by atomic mass is 10.1. The van der Waals surface area contributed by atoms with E-state index in [1.54, 1.807) is 0 Å². The van der Waals surface area contributed by atoms with Gasteiger partial charge in [0.15, 0.2) is 0 Å². The topological polar surface area (TPSA) is 92.7 Å². The molecule has 0 saturated heterocycles. The molecule has 2 N–H and O–H groups in total. The minimum atomic E-state index is -1.26. The quantitative estimate of drug-likeness (QED) is 0.771. The van der Waals surface area contributed by atoms with Crippen molar-refractivity contribution in [3.8, 4) is 0 Å². The van der Waals surface area contributed by atoms with Crippen LogP contribution in [0.5, 0.6) is 0 Å². The highest BCUT2D eigenvalue weighted by molar-refractivity contribution is 5.96. The van der Waals surface area contributed by atoms with Crippen LogP contribution in [0.4, 0.5) is 4.39 Å². The fourth-order valence-electron chi connectivity index (χ4n) is 1.65. The van der Waals surface area contributed by atoms with Gasteiger partial charge in [-0.05, 0) is 37.1 Å². The molecule has 21 heavy (non-hydrogen) atoms. The van der Waals surface area contributed by atoms with Gasteiger partial charge < -0.3 is 15.2 Å². The Kier molecular flexibility index (Phi) is 5.83. The SMILES string of the molecule is COC(=O)CCC(NC(=O)c1ccc(F)c(C)c1)C(=O)O. The summed E-state index contributed by atoms with van der Waals surface area (Å²) in [6.07, 6.45) is -0.218. The summed E-state index contributed by atoms with van der Waals surface area (Å²) in [6.45, 7) is 1.50. The molecule has 0 aliphatic carbocycles. The molecule has 0 aliphatic rings. The Bertz CT molecular complexity index is 558. The summed E-state index contributed by atoms with van der Waals surface area (Å²) in [4.78, 5) is 34.0. The van der Waals surface area contributed by atoms with E-state index in [0.29, 0.717) is 0 Å². The Morgan fingerprint density at radius 3 is 2.57 bits per heavy atom. The van der Waals surface area contributed by atoms with Crippen molar-refractivity contribution >= 4 is 17.8 Å². The Hall–Kier alpha value is -2.44. The third-order valence-electron chi connectivity index (χ3n) is 2.89. The Morgan fingerprint density at radius 1 is 1.38 bits per heavy atom. The fourth-order valence-corrected chi connectivity index (χ4v) is 1.65. The van der Waals surface area contributed by atoms with Gasteiger partial charge in [0, 0.05) is 12.0 Å². The first-order valence-corrected chi connectivity index (χ1v) is 6.21. The van der Waals surface area contributed by atoms with Crippen LogP contribution in [0, 0.1) is 12.7 Å². The molecule has 114 valence electrons. The van der Waals surface area contributed by atoms with Crippen LogP contribution < -0.4 is 5.32 Å². The number of carbonyl (C=O) groups is 3. The average Bonchev–Trinajstić information content (AvgIpc) is 2.45. The molecule has 1 aromatic carbocycles. The van der Waals surface area contributed by atoms with E-state index in [-0.39, 0.29) is 24.0 Å². The van der Waals surface area contributed by atoms with Crippen LogP contribution in [0.15, 0.2) is 18.2 Å². The molecular weight excluding hydrogens is 281 g/mol. The standard InChI is InChI=1S/C14H16FNO5/c1-8-7-9(3-4-10(8)15)13(18)16-11(14(19)20)5-6-12(17)21-2/h3-4,7,11H,5-6H2,1-2H3,(H,16,18)(H,19,20). The van der Waals surface area contributed by atoms with E-state index in [4.69, 9.17) is 5.11 Å². The van der Waals surface area contributed by atoms with Crippen molar-refractivity contribution in [2.75, 3.05) is 7.11 Å². The van der Waals surface area contributed by atoms with E-state index >= 15 is 0 Å².